The van der Waals surface area contributed by atoms with E-state index in [9.17, 15) is 13.2 Å². The molecule has 30 heavy (non-hydrogen) atoms. The summed E-state index contributed by atoms with van der Waals surface area (Å²) in [6, 6.07) is 8.41. The van der Waals surface area contributed by atoms with Crippen LogP contribution in [0.3, 0.4) is 0 Å². The molecule has 0 radical (unpaired) electrons. The molecular formula is C22H29N3O4S. The minimum absolute atomic E-state index is 0.0119. The minimum atomic E-state index is -3.31. The van der Waals surface area contributed by atoms with Crippen LogP contribution < -0.4 is 4.74 Å². The molecule has 1 fully saturated rings. The van der Waals surface area contributed by atoms with Gasteiger partial charge in [0, 0.05) is 18.3 Å². The van der Waals surface area contributed by atoms with Crippen LogP contribution in [0.25, 0.3) is 0 Å². The predicted octanol–water partition coefficient (Wildman–Crippen LogP) is 2.89. The second-order valence-corrected chi connectivity index (χ2v) is 10.5. The zero-order chi connectivity index (χ0) is 21.9. The van der Waals surface area contributed by atoms with E-state index in [-0.39, 0.29) is 23.3 Å². The topological polar surface area (TPSA) is 89.5 Å². The number of aromatic nitrogens is 2. The van der Waals surface area contributed by atoms with Gasteiger partial charge in [-0.1, -0.05) is 12.1 Å². The maximum absolute atomic E-state index is 12.8. The minimum Gasteiger partial charge on any atom is -0.472 e. The second-order valence-electron chi connectivity index (χ2n) is 8.03. The number of benzene rings is 1. The molecule has 2 heterocycles. The summed E-state index contributed by atoms with van der Waals surface area (Å²) in [5.41, 5.74) is 1.65. The molecule has 162 valence electrons. The normalized spacial score (nSPS) is 17.2. The van der Waals surface area contributed by atoms with Gasteiger partial charge >= 0.3 is 0 Å². The zero-order valence-corrected chi connectivity index (χ0v) is 18.8. The highest BCUT2D eigenvalue weighted by Gasteiger charge is 2.26. The summed E-state index contributed by atoms with van der Waals surface area (Å²) < 4.78 is 30.5. The molecule has 0 unspecified atom stereocenters. The molecule has 1 aromatic carbocycles. The molecule has 1 aliphatic rings. The van der Waals surface area contributed by atoms with Crippen LogP contribution in [0.5, 0.6) is 5.88 Å². The van der Waals surface area contributed by atoms with Crippen molar-refractivity contribution in [3.05, 3.63) is 47.4 Å². The average Bonchev–Trinajstić information content (AvgIpc) is 2.67. The van der Waals surface area contributed by atoms with Gasteiger partial charge < -0.3 is 9.64 Å². The molecule has 3 rings (SSSR count). The maximum Gasteiger partial charge on any atom is 0.227 e. The number of sulfone groups is 1. The molecule has 1 amide bonds. The van der Waals surface area contributed by atoms with Crippen LogP contribution in [0.2, 0.25) is 0 Å². The first-order valence-electron chi connectivity index (χ1n) is 10.2. The number of piperidine rings is 1. The lowest BCUT2D eigenvalue weighted by Gasteiger charge is -2.32. The monoisotopic (exact) mass is 431 g/mol. The highest BCUT2D eigenvalue weighted by molar-refractivity contribution is 7.92. The van der Waals surface area contributed by atoms with Gasteiger partial charge in [0.2, 0.25) is 11.8 Å². The average molecular weight is 432 g/mol. The lowest BCUT2D eigenvalue weighted by molar-refractivity contribution is -0.133. The summed E-state index contributed by atoms with van der Waals surface area (Å²) in [6.45, 7) is 8.25. The summed E-state index contributed by atoms with van der Waals surface area (Å²) in [4.78, 5) is 23.5. The van der Waals surface area contributed by atoms with E-state index in [0.717, 1.165) is 24.1 Å². The molecule has 0 aliphatic carbocycles. The van der Waals surface area contributed by atoms with E-state index in [1.807, 2.05) is 18.7 Å². The highest BCUT2D eigenvalue weighted by atomic mass is 32.2. The molecular weight excluding hydrogens is 402 g/mol. The van der Waals surface area contributed by atoms with Gasteiger partial charge in [0.05, 0.1) is 23.1 Å². The number of carbonyl (C=O) groups excluding carboxylic acids is 1. The van der Waals surface area contributed by atoms with Gasteiger partial charge in [-0.3, -0.25) is 4.79 Å². The molecule has 2 aromatic rings. The fraction of sp³-hybridized carbons (Fsp3) is 0.500. The molecule has 0 N–H and O–H groups in total. The Hall–Kier alpha value is -2.48. The molecule has 1 aliphatic heterocycles. The standard InChI is InChI=1S/C22H29N3O4S/c1-15(2)30(27,28)20-9-7-18(8-10-20)13-22(26)25-11-5-6-19(14-25)29-21-12-16(3)23-17(4)24-21/h7-10,12,15,19H,5-6,11,13-14H2,1-4H3/t19-/m0/s1. The first-order valence-corrected chi connectivity index (χ1v) is 11.8. The Labute approximate surface area is 178 Å². The van der Waals surface area contributed by atoms with Crippen molar-refractivity contribution in [1.82, 2.24) is 14.9 Å². The SMILES string of the molecule is Cc1cc(O[C@H]2CCCN(C(=O)Cc3ccc(S(=O)(=O)C(C)C)cc3)C2)nc(C)n1. The second kappa shape index (κ2) is 9.12. The lowest BCUT2D eigenvalue weighted by Crippen LogP contribution is -2.45. The largest absolute Gasteiger partial charge is 0.472 e. The third-order valence-corrected chi connectivity index (χ3v) is 7.36. The van der Waals surface area contributed by atoms with Gasteiger partial charge in [-0.2, -0.15) is 4.98 Å². The van der Waals surface area contributed by atoms with E-state index in [4.69, 9.17) is 4.74 Å². The molecule has 0 bridgehead atoms. The van der Waals surface area contributed by atoms with Crippen molar-refractivity contribution < 1.29 is 17.9 Å². The van der Waals surface area contributed by atoms with Gasteiger partial charge in [0.15, 0.2) is 9.84 Å². The Kier molecular flexibility index (Phi) is 6.75. The Morgan fingerprint density at radius 2 is 1.90 bits per heavy atom. The first kappa shape index (κ1) is 22.2. The zero-order valence-electron chi connectivity index (χ0n) is 18.0. The smallest absolute Gasteiger partial charge is 0.227 e. The maximum atomic E-state index is 12.8. The van der Waals surface area contributed by atoms with E-state index in [1.54, 1.807) is 44.2 Å². The molecule has 1 atom stereocenters. The van der Waals surface area contributed by atoms with Crippen LogP contribution in [-0.4, -0.2) is 53.6 Å². The van der Waals surface area contributed by atoms with Gasteiger partial charge in [-0.15, -0.1) is 0 Å². The lowest BCUT2D eigenvalue weighted by atomic mass is 10.1. The van der Waals surface area contributed by atoms with Gasteiger partial charge in [0.25, 0.3) is 0 Å². The van der Waals surface area contributed by atoms with E-state index < -0.39 is 15.1 Å². The van der Waals surface area contributed by atoms with Crippen LogP contribution >= 0.6 is 0 Å². The Morgan fingerprint density at radius 1 is 1.20 bits per heavy atom. The van der Waals surface area contributed by atoms with Crippen molar-refractivity contribution in [3.8, 4) is 5.88 Å². The number of likely N-dealkylation sites (tertiary alicyclic amines) is 1. The van der Waals surface area contributed by atoms with Crippen molar-refractivity contribution in [1.29, 1.82) is 0 Å². The number of carbonyl (C=O) groups is 1. The summed E-state index contributed by atoms with van der Waals surface area (Å²) in [6.07, 6.45) is 1.87. The number of hydrogen-bond donors (Lipinski definition) is 0. The van der Waals surface area contributed by atoms with Gasteiger partial charge in [0.1, 0.15) is 11.9 Å². The van der Waals surface area contributed by atoms with E-state index in [1.165, 1.54) is 0 Å². The predicted molar refractivity (Wildman–Crippen MR) is 114 cm³/mol. The third-order valence-electron chi connectivity index (χ3n) is 5.19. The van der Waals surface area contributed by atoms with Crippen LogP contribution in [-0.2, 0) is 21.1 Å². The van der Waals surface area contributed by atoms with Crippen molar-refractivity contribution in [2.75, 3.05) is 13.1 Å². The number of rotatable bonds is 6. The van der Waals surface area contributed by atoms with Crippen molar-refractivity contribution in [2.45, 2.75) is 63.2 Å². The fourth-order valence-electron chi connectivity index (χ4n) is 3.53. The van der Waals surface area contributed by atoms with Crippen molar-refractivity contribution in [3.63, 3.8) is 0 Å². The number of aryl methyl sites for hydroxylation is 2. The summed E-state index contributed by atoms with van der Waals surface area (Å²) in [5.74, 6) is 1.22. The summed E-state index contributed by atoms with van der Waals surface area (Å²) in [5, 5.41) is -0.474. The molecule has 1 aromatic heterocycles. The molecule has 0 saturated carbocycles. The third kappa shape index (κ3) is 5.36. The van der Waals surface area contributed by atoms with Crippen LogP contribution in [0.15, 0.2) is 35.2 Å². The quantitative estimate of drug-likeness (QED) is 0.699. The number of amides is 1. The molecule has 0 spiro atoms. The van der Waals surface area contributed by atoms with Gasteiger partial charge in [-0.05, 0) is 58.2 Å². The molecule has 7 nitrogen and oxygen atoms in total. The van der Waals surface area contributed by atoms with E-state index in [0.29, 0.717) is 24.8 Å². The fourth-order valence-corrected chi connectivity index (χ4v) is 4.59. The van der Waals surface area contributed by atoms with Crippen LogP contribution in [0, 0.1) is 13.8 Å². The van der Waals surface area contributed by atoms with Crippen molar-refractivity contribution in [2.24, 2.45) is 0 Å². The Balaban J connectivity index is 1.61. The van der Waals surface area contributed by atoms with Crippen molar-refractivity contribution >= 4 is 15.7 Å². The van der Waals surface area contributed by atoms with Gasteiger partial charge in [-0.25, -0.2) is 13.4 Å². The van der Waals surface area contributed by atoms with Crippen LogP contribution in [0.1, 0.15) is 43.8 Å². The first-order chi connectivity index (χ1) is 14.1. The highest BCUT2D eigenvalue weighted by Crippen LogP contribution is 2.20. The van der Waals surface area contributed by atoms with E-state index in [2.05, 4.69) is 9.97 Å². The number of hydrogen-bond acceptors (Lipinski definition) is 6. The summed E-state index contributed by atoms with van der Waals surface area (Å²) >= 11 is 0. The Morgan fingerprint density at radius 3 is 2.53 bits per heavy atom. The van der Waals surface area contributed by atoms with Crippen LogP contribution in [0.4, 0.5) is 0 Å². The molecule has 1 saturated heterocycles. The van der Waals surface area contributed by atoms with E-state index >= 15 is 0 Å². The number of nitrogens with zero attached hydrogens (tertiary/aromatic N) is 3. The Bertz CT molecular complexity index is 983. The summed E-state index contributed by atoms with van der Waals surface area (Å²) in [7, 11) is -3.31. The number of ether oxygens (including phenoxy) is 1. The molecule has 8 heteroatoms.